The quantitative estimate of drug-likeness (QED) is 0.620. The molecule has 1 aliphatic rings. The van der Waals surface area contributed by atoms with E-state index >= 15 is 0 Å². The molecule has 1 nitrogen and oxygen atoms in total. The van der Waals surface area contributed by atoms with Crippen LogP contribution in [-0.2, 0) is 0 Å². The maximum Gasteiger partial charge on any atom is 0.00665 e. The smallest absolute Gasteiger partial charge is 0.00665 e. The van der Waals surface area contributed by atoms with E-state index < -0.39 is 0 Å². The van der Waals surface area contributed by atoms with E-state index in [-0.39, 0.29) is 0 Å². The molecule has 3 atom stereocenters. The van der Waals surface area contributed by atoms with Crippen molar-refractivity contribution in [2.45, 2.75) is 39.2 Å². The van der Waals surface area contributed by atoms with Crippen molar-refractivity contribution in [2.24, 2.45) is 11.8 Å². The second kappa shape index (κ2) is 3.38. The van der Waals surface area contributed by atoms with E-state index in [2.05, 4.69) is 26.2 Å². The number of nitrogens with one attached hydrogen (secondary N) is 1. The molecule has 0 heterocycles. The molecular weight excluding hydrogens is 122 g/mol. The summed E-state index contributed by atoms with van der Waals surface area (Å²) in [7, 11) is 2.07. The summed E-state index contributed by atoms with van der Waals surface area (Å²) in [6.07, 6.45) is 4.32. The van der Waals surface area contributed by atoms with Gasteiger partial charge in [-0.25, -0.2) is 0 Å². The maximum absolute atomic E-state index is 3.34. The van der Waals surface area contributed by atoms with Gasteiger partial charge < -0.3 is 5.32 Å². The molecule has 3 unspecified atom stereocenters. The SMILES string of the molecule is CNC(C)C1CCCC1C. The fourth-order valence-electron chi connectivity index (χ4n) is 2.13. The second-order valence-corrected chi connectivity index (χ2v) is 3.65. The van der Waals surface area contributed by atoms with Gasteiger partial charge in [0, 0.05) is 6.04 Å². The van der Waals surface area contributed by atoms with Crippen molar-refractivity contribution >= 4 is 0 Å². The fourth-order valence-corrected chi connectivity index (χ4v) is 2.13. The van der Waals surface area contributed by atoms with Gasteiger partial charge in [0.2, 0.25) is 0 Å². The third kappa shape index (κ3) is 1.51. The molecule has 1 N–H and O–H groups in total. The van der Waals surface area contributed by atoms with Crippen molar-refractivity contribution in [2.75, 3.05) is 7.05 Å². The highest BCUT2D eigenvalue weighted by atomic mass is 14.9. The monoisotopic (exact) mass is 141 g/mol. The van der Waals surface area contributed by atoms with Gasteiger partial charge in [0.05, 0.1) is 0 Å². The molecule has 1 rings (SSSR count). The van der Waals surface area contributed by atoms with Crippen LogP contribution in [0.1, 0.15) is 33.1 Å². The molecule has 1 saturated carbocycles. The average Bonchev–Trinajstić information content (AvgIpc) is 2.34. The van der Waals surface area contributed by atoms with Crippen molar-refractivity contribution in [3.8, 4) is 0 Å². The minimum absolute atomic E-state index is 0.720. The van der Waals surface area contributed by atoms with Crippen LogP contribution in [0.2, 0.25) is 0 Å². The summed E-state index contributed by atoms with van der Waals surface area (Å²) in [6.45, 7) is 4.68. The van der Waals surface area contributed by atoms with E-state index in [1.54, 1.807) is 0 Å². The molecule has 0 amide bonds. The lowest BCUT2D eigenvalue weighted by atomic mass is 9.91. The van der Waals surface area contributed by atoms with Gasteiger partial charge in [0.15, 0.2) is 0 Å². The Labute approximate surface area is 64.2 Å². The lowest BCUT2D eigenvalue weighted by Gasteiger charge is -2.22. The molecular formula is C9H19N. The molecule has 60 valence electrons. The van der Waals surface area contributed by atoms with E-state index in [1.165, 1.54) is 19.3 Å². The van der Waals surface area contributed by atoms with E-state index in [1.807, 2.05) is 0 Å². The first-order valence-corrected chi connectivity index (χ1v) is 4.43. The van der Waals surface area contributed by atoms with E-state index in [0.29, 0.717) is 0 Å². The summed E-state index contributed by atoms with van der Waals surface area (Å²) in [5, 5.41) is 3.34. The molecule has 0 aliphatic heterocycles. The van der Waals surface area contributed by atoms with Gasteiger partial charge in [-0.15, -0.1) is 0 Å². The van der Waals surface area contributed by atoms with Crippen LogP contribution in [0.5, 0.6) is 0 Å². The van der Waals surface area contributed by atoms with Crippen LogP contribution in [0.4, 0.5) is 0 Å². The van der Waals surface area contributed by atoms with Crippen molar-refractivity contribution in [1.29, 1.82) is 0 Å². The zero-order valence-corrected chi connectivity index (χ0v) is 7.35. The topological polar surface area (TPSA) is 12.0 Å². The zero-order valence-electron chi connectivity index (χ0n) is 7.35. The molecule has 10 heavy (non-hydrogen) atoms. The van der Waals surface area contributed by atoms with Crippen LogP contribution in [0.3, 0.4) is 0 Å². The molecule has 1 fully saturated rings. The van der Waals surface area contributed by atoms with E-state index in [0.717, 1.165) is 17.9 Å². The summed E-state index contributed by atoms with van der Waals surface area (Å²) in [5.41, 5.74) is 0. The molecule has 0 aromatic carbocycles. The highest BCUT2D eigenvalue weighted by Crippen LogP contribution is 2.33. The standard InChI is InChI=1S/C9H19N/c1-7-5-4-6-9(7)8(2)10-3/h7-10H,4-6H2,1-3H3. The molecule has 0 bridgehead atoms. The Hall–Kier alpha value is -0.0400. The summed E-state index contributed by atoms with van der Waals surface area (Å²) in [6, 6.07) is 0.720. The minimum atomic E-state index is 0.720. The van der Waals surface area contributed by atoms with Gasteiger partial charge in [0.25, 0.3) is 0 Å². The van der Waals surface area contributed by atoms with E-state index in [4.69, 9.17) is 0 Å². The van der Waals surface area contributed by atoms with Crippen molar-refractivity contribution < 1.29 is 0 Å². The van der Waals surface area contributed by atoms with Crippen LogP contribution in [0.15, 0.2) is 0 Å². The lowest BCUT2D eigenvalue weighted by Crippen LogP contribution is -2.31. The first-order valence-electron chi connectivity index (χ1n) is 4.43. The van der Waals surface area contributed by atoms with E-state index in [9.17, 15) is 0 Å². The average molecular weight is 141 g/mol. The van der Waals surface area contributed by atoms with Crippen LogP contribution in [0.25, 0.3) is 0 Å². The summed E-state index contributed by atoms with van der Waals surface area (Å²) in [5.74, 6) is 1.88. The van der Waals surface area contributed by atoms with Gasteiger partial charge in [-0.1, -0.05) is 19.8 Å². The van der Waals surface area contributed by atoms with Crippen LogP contribution < -0.4 is 5.32 Å². The van der Waals surface area contributed by atoms with Crippen LogP contribution in [0, 0.1) is 11.8 Å². The van der Waals surface area contributed by atoms with Crippen molar-refractivity contribution in [1.82, 2.24) is 5.32 Å². The summed E-state index contributed by atoms with van der Waals surface area (Å²) >= 11 is 0. The molecule has 1 aliphatic carbocycles. The lowest BCUT2D eigenvalue weighted by molar-refractivity contribution is 0.327. The first-order chi connectivity index (χ1) is 4.75. The highest BCUT2D eigenvalue weighted by molar-refractivity contribution is 4.81. The Balaban J connectivity index is 2.38. The molecule has 0 radical (unpaired) electrons. The Morgan fingerprint density at radius 2 is 2.10 bits per heavy atom. The van der Waals surface area contributed by atoms with Crippen molar-refractivity contribution in [3.05, 3.63) is 0 Å². The number of rotatable bonds is 2. The van der Waals surface area contributed by atoms with Gasteiger partial charge >= 0.3 is 0 Å². The Bertz CT molecular complexity index is 101. The molecule has 0 spiro atoms. The summed E-state index contributed by atoms with van der Waals surface area (Å²) in [4.78, 5) is 0. The molecule has 1 heteroatoms. The largest absolute Gasteiger partial charge is 0.317 e. The summed E-state index contributed by atoms with van der Waals surface area (Å²) < 4.78 is 0. The predicted octanol–water partition coefficient (Wildman–Crippen LogP) is 2.03. The molecule has 0 aromatic rings. The van der Waals surface area contributed by atoms with Gasteiger partial charge in [0.1, 0.15) is 0 Å². The minimum Gasteiger partial charge on any atom is -0.317 e. The van der Waals surface area contributed by atoms with Gasteiger partial charge in [-0.3, -0.25) is 0 Å². The maximum atomic E-state index is 3.34. The highest BCUT2D eigenvalue weighted by Gasteiger charge is 2.26. The normalized spacial score (nSPS) is 36.3. The van der Waals surface area contributed by atoms with Gasteiger partial charge in [-0.2, -0.15) is 0 Å². The third-order valence-corrected chi connectivity index (χ3v) is 3.03. The Kier molecular flexibility index (Phi) is 2.72. The Morgan fingerprint density at radius 1 is 1.40 bits per heavy atom. The fraction of sp³-hybridized carbons (Fsp3) is 1.00. The number of hydrogen-bond acceptors (Lipinski definition) is 1. The van der Waals surface area contributed by atoms with Crippen LogP contribution >= 0.6 is 0 Å². The second-order valence-electron chi connectivity index (χ2n) is 3.65. The van der Waals surface area contributed by atoms with Crippen molar-refractivity contribution in [3.63, 3.8) is 0 Å². The molecule has 0 saturated heterocycles. The van der Waals surface area contributed by atoms with Gasteiger partial charge in [-0.05, 0) is 32.2 Å². The zero-order chi connectivity index (χ0) is 7.56. The number of hydrogen-bond donors (Lipinski definition) is 1. The third-order valence-electron chi connectivity index (χ3n) is 3.03. The first kappa shape index (κ1) is 8.06. The predicted molar refractivity (Wildman–Crippen MR) is 45.0 cm³/mol. The Morgan fingerprint density at radius 3 is 2.50 bits per heavy atom. The molecule has 0 aromatic heterocycles. The van der Waals surface area contributed by atoms with Crippen LogP contribution in [-0.4, -0.2) is 13.1 Å².